The molecule has 4 N–H and O–H groups in total. The van der Waals surface area contributed by atoms with Crippen molar-refractivity contribution in [2.24, 2.45) is 16.1 Å². The quantitative estimate of drug-likeness (QED) is 0.254. The molecule has 0 radical (unpaired) electrons. The summed E-state index contributed by atoms with van der Waals surface area (Å²) >= 11 is 0. The Morgan fingerprint density at radius 1 is 1.30 bits per heavy atom. The van der Waals surface area contributed by atoms with Gasteiger partial charge in [0.2, 0.25) is 5.91 Å². The van der Waals surface area contributed by atoms with Crippen LogP contribution >= 0.6 is 24.0 Å². The number of aliphatic imine (C=N–C) groups is 1. The van der Waals surface area contributed by atoms with Crippen molar-refractivity contribution in [3.8, 4) is 0 Å². The van der Waals surface area contributed by atoms with E-state index in [1.807, 2.05) is 0 Å². The third kappa shape index (κ3) is 10.8. The van der Waals surface area contributed by atoms with Gasteiger partial charge < -0.3 is 16.4 Å². The van der Waals surface area contributed by atoms with E-state index in [1.165, 1.54) is 6.42 Å². The number of nitrogens with two attached hydrogens (primary N) is 1. The lowest BCUT2D eigenvalue weighted by Gasteiger charge is -2.32. The highest BCUT2D eigenvalue weighted by Crippen LogP contribution is 2.19. The van der Waals surface area contributed by atoms with Gasteiger partial charge in [-0.15, -0.1) is 24.0 Å². The summed E-state index contributed by atoms with van der Waals surface area (Å²) in [5.74, 6) is 0.630. The van der Waals surface area contributed by atoms with E-state index in [1.54, 1.807) is 7.05 Å². The fourth-order valence-electron chi connectivity index (χ4n) is 2.67. The summed E-state index contributed by atoms with van der Waals surface area (Å²) in [7, 11) is 1.81. The van der Waals surface area contributed by atoms with Gasteiger partial charge in [-0.2, -0.15) is 0 Å². The molecule has 7 heteroatoms. The van der Waals surface area contributed by atoms with Crippen LogP contribution in [0.25, 0.3) is 0 Å². The fraction of sp³-hybridized carbons (Fsp3) is 0.875. The van der Waals surface area contributed by atoms with Crippen LogP contribution in [0.15, 0.2) is 4.99 Å². The molecule has 0 saturated carbocycles. The van der Waals surface area contributed by atoms with E-state index in [2.05, 4.69) is 41.3 Å². The highest BCUT2D eigenvalue weighted by molar-refractivity contribution is 14.0. The van der Waals surface area contributed by atoms with Crippen molar-refractivity contribution >= 4 is 35.8 Å². The molecule has 136 valence electrons. The molecule has 1 aliphatic heterocycles. The lowest BCUT2D eigenvalue weighted by Crippen LogP contribution is -2.49. The number of primary amides is 1. The first-order valence-corrected chi connectivity index (χ1v) is 8.28. The second-order valence-corrected chi connectivity index (χ2v) is 7.32. The monoisotopic (exact) mass is 439 g/mol. The number of carbonyl (C=O) groups excluding carboxylic acids is 1. The van der Waals surface area contributed by atoms with Crippen molar-refractivity contribution in [1.29, 1.82) is 0 Å². The molecule has 0 spiro atoms. The Labute approximate surface area is 158 Å². The summed E-state index contributed by atoms with van der Waals surface area (Å²) in [5, 5.41) is 6.86. The first-order chi connectivity index (χ1) is 10.3. The molecule has 0 aromatic carbocycles. The smallest absolute Gasteiger partial charge is 0.231 e. The van der Waals surface area contributed by atoms with Gasteiger partial charge in [-0.25, -0.2) is 0 Å². The number of likely N-dealkylation sites (tertiary alicyclic amines) is 1. The molecule has 0 unspecified atom stereocenters. The third-order valence-electron chi connectivity index (χ3n) is 3.93. The summed E-state index contributed by atoms with van der Waals surface area (Å²) in [5.41, 5.74) is 5.61. The molecule has 1 fully saturated rings. The Balaban J connectivity index is 0.00000484. The Bertz CT molecular complexity index is 373. The summed E-state index contributed by atoms with van der Waals surface area (Å²) < 4.78 is 0. The van der Waals surface area contributed by atoms with Crippen LogP contribution in [0.2, 0.25) is 0 Å². The molecule has 0 aliphatic carbocycles. The Kier molecular flexibility index (Phi) is 10.8. The van der Waals surface area contributed by atoms with Crippen LogP contribution in [0.3, 0.4) is 0 Å². The molecule has 1 amide bonds. The lowest BCUT2D eigenvalue weighted by molar-refractivity contribution is -0.119. The van der Waals surface area contributed by atoms with E-state index in [9.17, 15) is 4.79 Å². The van der Waals surface area contributed by atoms with Crippen LogP contribution in [-0.4, -0.2) is 56.0 Å². The first-order valence-electron chi connectivity index (χ1n) is 8.28. The lowest BCUT2D eigenvalue weighted by atomic mass is 9.91. The molecule has 0 aromatic rings. The molecule has 1 aliphatic rings. The van der Waals surface area contributed by atoms with E-state index < -0.39 is 0 Å². The number of carbonyl (C=O) groups is 1. The second-order valence-electron chi connectivity index (χ2n) is 7.32. The molecular weight excluding hydrogens is 405 g/mol. The summed E-state index contributed by atoms with van der Waals surface area (Å²) in [6, 6.07) is 0.415. The predicted molar refractivity (Wildman–Crippen MR) is 107 cm³/mol. The second kappa shape index (κ2) is 11.1. The van der Waals surface area contributed by atoms with Crippen LogP contribution in [0.5, 0.6) is 0 Å². The van der Waals surface area contributed by atoms with Gasteiger partial charge in [0, 0.05) is 32.7 Å². The Morgan fingerprint density at radius 2 is 1.91 bits per heavy atom. The topological polar surface area (TPSA) is 82.8 Å². The predicted octanol–water partition coefficient (Wildman–Crippen LogP) is 1.55. The fourth-order valence-corrected chi connectivity index (χ4v) is 2.67. The van der Waals surface area contributed by atoms with Crippen LogP contribution in [0, 0.1) is 5.41 Å². The molecule has 6 nitrogen and oxygen atoms in total. The van der Waals surface area contributed by atoms with E-state index in [0.29, 0.717) is 18.0 Å². The summed E-state index contributed by atoms with van der Waals surface area (Å²) in [6.45, 7) is 9.91. The maximum absolute atomic E-state index is 10.9. The zero-order valence-corrected chi connectivity index (χ0v) is 17.4. The van der Waals surface area contributed by atoms with Gasteiger partial charge in [0.1, 0.15) is 0 Å². The number of amides is 1. The van der Waals surface area contributed by atoms with Gasteiger partial charge in [-0.1, -0.05) is 20.8 Å². The van der Waals surface area contributed by atoms with Crippen molar-refractivity contribution in [2.45, 2.75) is 52.5 Å². The maximum atomic E-state index is 10.9. The zero-order valence-electron chi connectivity index (χ0n) is 15.0. The number of hydrogen-bond donors (Lipinski definition) is 3. The molecule has 1 rings (SSSR count). The molecule has 0 aromatic heterocycles. The SMILES string of the molecule is CN=C(NCCCC(C)(C)C)NC1CCN(CC(N)=O)CC1.I. The highest BCUT2D eigenvalue weighted by atomic mass is 127. The number of halogens is 1. The first kappa shape index (κ1) is 22.4. The van der Waals surface area contributed by atoms with E-state index in [4.69, 9.17) is 5.73 Å². The van der Waals surface area contributed by atoms with E-state index in [0.717, 1.165) is 44.9 Å². The molecule has 0 bridgehead atoms. The van der Waals surface area contributed by atoms with Gasteiger partial charge in [-0.05, 0) is 31.1 Å². The summed E-state index contributed by atoms with van der Waals surface area (Å²) in [6.07, 6.45) is 4.36. The van der Waals surface area contributed by atoms with Crippen molar-refractivity contribution in [3.05, 3.63) is 0 Å². The van der Waals surface area contributed by atoms with E-state index >= 15 is 0 Å². The number of hydrogen-bond acceptors (Lipinski definition) is 3. The molecule has 0 atom stereocenters. The minimum atomic E-state index is -0.247. The summed E-state index contributed by atoms with van der Waals surface area (Å²) in [4.78, 5) is 17.3. The molecule has 1 heterocycles. The minimum Gasteiger partial charge on any atom is -0.369 e. The normalized spacial score (nSPS) is 17.5. The van der Waals surface area contributed by atoms with Crippen LogP contribution < -0.4 is 16.4 Å². The van der Waals surface area contributed by atoms with Gasteiger partial charge >= 0.3 is 0 Å². The number of rotatable bonds is 6. The van der Waals surface area contributed by atoms with Gasteiger partial charge in [-0.3, -0.25) is 14.7 Å². The standard InChI is InChI=1S/C16H33N5O.HI/c1-16(2,3)8-5-9-19-15(18-4)20-13-6-10-21(11-7-13)12-14(17)22;/h13H,5-12H2,1-4H3,(H2,17,22)(H2,18,19,20);1H. The van der Waals surface area contributed by atoms with Crippen LogP contribution in [0.1, 0.15) is 46.5 Å². The minimum absolute atomic E-state index is 0. The molecule has 23 heavy (non-hydrogen) atoms. The van der Waals surface area contributed by atoms with Crippen LogP contribution in [-0.2, 0) is 4.79 Å². The van der Waals surface area contributed by atoms with Gasteiger partial charge in [0.25, 0.3) is 0 Å². The third-order valence-corrected chi connectivity index (χ3v) is 3.93. The number of nitrogens with one attached hydrogen (secondary N) is 2. The maximum Gasteiger partial charge on any atom is 0.231 e. The largest absolute Gasteiger partial charge is 0.369 e. The van der Waals surface area contributed by atoms with Crippen LogP contribution in [0.4, 0.5) is 0 Å². The Morgan fingerprint density at radius 3 is 2.39 bits per heavy atom. The number of nitrogens with zero attached hydrogens (tertiary/aromatic N) is 2. The van der Waals surface area contributed by atoms with Crippen molar-refractivity contribution in [1.82, 2.24) is 15.5 Å². The Hall–Kier alpha value is -0.570. The van der Waals surface area contributed by atoms with Crippen molar-refractivity contribution in [2.75, 3.05) is 33.2 Å². The average Bonchev–Trinajstić information content (AvgIpc) is 2.42. The van der Waals surface area contributed by atoms with Crippen molar-refractivity contribution < 1.29 is 4.79 Å². The van der Waals surface area contributed by atoms with Gasteiger partial charge in [0.15, 0.2) is 5.96 Å². The number of guanidine groups is 1. The molecule has 1 saturated heterocycles. The van der Waals surface area contributed by atoms with Crippen molar-refractivity contribution in [3.63, 3.8) is 0 Å². The molecular formula is C16H34IN5O. The number of piperidine rings is 1. The average molecular weight is 439 g/mol. The van der Waals surface area contributed by atoms with Gasteiger partial charge in [0.05, 0.1) is 6.54 Å². The zero-order chi connectivity index (χ0) is 16.6. The highest BCUT2D eigenvalue weighted by Gasteiger charge is 2.20. The van der Waals surface area contributed by atoms with E-state index in [-0.39, 0.29) is 29.9 Å².